The highest BCUT2D eigenvalue weighted by Gasteiger charge is 2.30. The van der Waals surface area contributed by atoms with Gasteiger partial charge in [-0.3, -0.25) is 9.59 Å². The summed E-state index contributed by atoms with van der Waals surface area (Å²) >= 11 is 0. The van der Waals surface area contributed by atoms with Crippen molar-refractivity contribution in [3.63, 3.8) is 0 Å². The predicted molar refractivity (Wildman–Crippen MR) is 125 cm³/mol. The van der Waals surface area contributed by atoms with Gasteiger partial charge in [-0.2, -0.15) is 8.78 Å². The number of amides is 1. The van der Waals surface area contributed by atoms with Gasteiger partial charge >= 0.3 is 6.11 Å². The molecule has 7 nitrogen and oxygen atoms in total. The average Bonchev–Trinajstić information content (AvgIpc) is 3.63. The summed E-state index contributed by atoms with van der Waals surface area (Å²) in [7, 11) is 0. The summed E-state index contributed by atoms with van der Waals surface area (Å²) < 4.78 is 50.1. The molecule has 1 saturated carbocycles. The van der Waals surface area contributed by atoms with E-state index in [1.807, 2.05) is 6.92 Å². The van der Waals surface area contributed by atoms with E-state index in [2.05, 4.69) is 20.0 Å². The number of aromatic nitrogens is 2. The zero-order valence-corrected chi connectivity index (χ0v) is 19.7. The summed E-state index contributed by atoms with van der Waals surface area (Å²) in [6.45, 7) is 2.33. The van der Waals surface area contributed by atoms with E-state index in [1.54, 1.807) is 18.2 Å². The molecule has 0 unspecified atom stereocenters. The Kier molecular flexibility index (Phi) is 7.23. The smallest absolute Gasteiger partial charge is 0.395 e. The number of hydrogen-bond acceptors (Lipinski definition) is 6. The highest BCUT2D eigenvalue weighted by atomic mass is 19.3. The van der Waals surface area contributed by atoms with Crippen LogP contribution in [0, 0.1) is 18.7 Å². The van der Waals surface area contributed by atoms with Crippen molar-refractivity contribution in [1.82, 2.24) is 9.97 Å². The quantitative estimate of drug-likeness (QED) is 0.401. The Morgan fingerprint density at radius 2 is 1.86 bits per heavy atom. The lowest BCUT2D eigenvalue weighted by Gasteiger charge is -2.14. The van der Waals surface area contributed by atoms with E-state index in [0.717, 1.165) is 36.1 Å². The van der Waals surface area contributed by atoms with Crippen molar-refractivity contribution < 1.29 is 32.2 Å². The first kappa shape index (κ1) is 25.2. The van der Waals surface area contributed by atoms with Gasteiger partial charge in [0.25, 0.3) is 0 Å². The molecule has 3 aromatic rings. The minimum atomic E-state index is -3.54. The maximum absolute atomic E-state index is 13.8. The van der Waals surface area contributed by atoms with Crippen LogP contribution in [0.1, 0.15) is 36.5 Å². The van der Waals surface area contributed by atoms with Gasteiger partial charge in [0.15, 0.2) is 11.6 Å². The Hall–Kier alpha value is -3.95. The molecule has 0 bridgehead atoms. The Bertz CT molecular complexity index is 1290. The van der Waals surface area contributed by atoms with Crippen molar-refractivity contribution in [3.8, 4) is 17.4 Å². The Labute approximate surface area is 205 Å². The van der Waals surface area contributed by atoms with E-state index >= 15 is 0 Å². The predicted octanol–water partition coefficient (Wildman–Crippen LogP) is 5.41. The van der Waals surface area contributed by atoms with E-state index in [1.165, 1.54) is 18.5 Å². The molecule has 1 aliphatic rings. The van der Waals surface area contributed by atoms with Gasteiger partial charge in [0.1, 0.15) is 23.7 Å². The number of nitrogens with zero attached hydrogens (tertiary/aromatic N) is 2. The molecule has 2 aromatic carbocycles. The minimum Gasteiger partial charge on any atom is -0.439 e. The fraction of sp³-hybridized carbons (Fsp3) is 0.308. The second kappa shape index (κ2) is 10.3. The van der Waals surface area contributed by atoms with Crippen LogP contribution < -0.4 is 14.8 Å². The topological polar surface area (TPSA) is 90.4 Å². The lowest BCUT2D eigenvalue weighted by Crippen LogP contribution is -2.20. The fourth-order valence-corrected chi connectivity index (χ4v) is 3.52. The number of ether oxygens (including phenoxy) is 2. The standard InChI is InChI=1S/C26H24F3N3O4/c1-15-9-20(35-24-13-23(30-14-31-24)32-25(34)17-4-5-17)7-6-18(15)12-19(33)10-16-3-8-21(27)22(11-16)36-26(2,28)29/h3,6-9,11,13-14,17H,4-5,10,12H2,1-2H3,(H,30,31,32,34). The Morgan fingerprint density at radius 3 is 2.56 bits per heavy atom. The van der Waals surface area contributed by atoms with Crippen molar-refractivity contribution in [2.24, 2.45) is 5.92 Å². The number of rotatable bonds is 10. The Morgan fingerprint density at radius 1 is 1.08 bits per heavy atom. The molecule has 1 aromatic heterocycles. The monoisotopic (exact) mass is 499 g/mol. The molecule has 10 heteroatoms. The largest absolute Gasteiger partial charge is 0.439 e. The van der Waals surface area contributed by atoms with Gasteiger partial charge in [0.2, 0.25) is 11.8 Å². The maximum atomic E-state index is 13.8. The number of Topliss-reactive ketones (excluding diaryl/α,β-unsaturated/α-hetero) is 1. The second-order valence-electron chi connectivity index (χ2n) is 8.76. The fourth-order valence-electron chi connectivity index (χ4n) is 3.52. The molecule has 0 atom stereocenters. The van der Waals surface area contributed by atoms with Crippen LogP contribution in [0.25, 0.3) is 0 Å². The zero-order chi connectivity index (χ0) is 25.9. The number of aryl methyl sites for hydroxylation is 1. The number of hydrogen-bond donors (Lipinski definition) is 1. The van der Waals surface area contributed by atoms with Crippen LogP contribution in [0.4, 0.5) is 19.0 Å². The van der Waals surface area contributed by atoms with Crippen LogP contribution in [-0.2, 0) is 22.4 Å². The lowest BCUT2D eigenvalue weighted by atomic mass is 9.99. The molecule has 4 rings (SSSR count). The summed E-state index contributed by atoms with van der Waals surface area (Å²) in [5, 5.41) is 2.74. The molecule has 1 amide bonds. The molecular weight excluding hydrogens is 475 g/mol. The molecule has 0 radical (unpaired) electrons. The lowest BCUT2D eigenvalue weighted by molar-refractivity contribution is -0.160. The third-order valence-electron chi connectivity index (χ3n) is 5.45. The molecule has 188 valence electrons. The average molecular weight is 499 g/mol. The molecule has 0 saturated heterocycles. The highest BCUT2D eigenvalue weighted by Crippen LogP contribution is 2.31. The summed E-state index contributed by atoms with van der Waals surface area (Å²) in [4.78, 5) is 32.6. The SMILES string of the molecule is Cc1cc(Oc2cc(NC(=O)C3CC3)ncn2)ccc1CC(=O)Cc1ccc(F)c(OC(C)(F)F)c1. The first-order valence-electron chi connectivity index (χ1n) is 11.3. The van der Waals surface area contributed by atoms with Crippen LogP contribution >= 0.6 is 0 Å². The third kappa shape index (κ3) is 7.03. The van der Waals surface area contributed by atoms with Crippen LogP contribution in [0.15, 0.2) is 48.8 Å². The number of nitrogens with one attached hydrogen (secondary N) is 1. The van der Waals surface area contributed by atoms with E-state index in [9.17, 15) is 22.8 Å². The van der Waals surface area contributed by atoms with Crippen molar-refractivity contribution in [1.29, 1.82) is 0 Å². The molecule has 0 spiro atoms. The van der Waals surface area contributed by atoms with Crippen LogP contribution in [0.3, 0.4) is 0 Å². The van der Waals surface area contributed by atoms with Crippen molar-refractivity contribution in [2.75, 3.05) is 5.32 Å². The number of halogens is 3. The summed E-state index contributed by atoms with van der Waals surface area (Å²) in [5.74, 6) is -0.647. The van der Waals surface area contributed by atoms with E-state index < -0.39 is 17.7 Å². The van der Waals surface area contributed by atoms with Crippen molar-refractivity contribution >= 4 is 17.5 Å². The van der Waals surface area contributed by atoms with Gasteiger partial charge in [-0.1, -0.05) is 12.1 Å². The normalized spacial score (nSPS) is 13.2. The van der Waals surface area contributed by atoms with Gasteiger partial charge in [0, 0.05) is 31.7 Å². The second-order valence-corrected chi connectivity index (χ2v) is 8.76. The zero-order valence-electron chi connectivity index (χ0n) is 19.7. The molecule has 1 N–H and O–H groups in total. The summed E-state index contributed by atoms with van der Waals surface area (Å²) in [6, 6.07) is 10.2. The van der Waals surface area contributed by atoms with Gasteiger partial charge in [0.05, 0.1) is 0 Å². The number of alkyl halides is 2. The minimum absolute atomic E-state index is 0.0433. The molecule has 1 aliphatic carbocycles. The Balaban J connectivity index is 1.37. The van der Waals surface area contributed by atoms with E-state index in [0.29, 0.717) is 24.1 Å². The number of ketones is 1. The molecular formula is C26H24F3N3O4. The molecule has 36 heavy (non-hydrogen) atoms. The van der Waals surface area contributed by atoms with Crippen molar-refractivity contribution in [3.05, 3.63) is 71.3 Å². The summed E-state index contributed by atoms with van der Waals surface area (Å²) in [5.41, 5.74) is 1.92. The van der Waals surface area contributed by atoms with Gasteiger partial charge in [-0.15, -0.1) is 0 Å². The third-order valence-corrected chi connectivity index (χ3v) is 5.45. The van der Waals surface area contributed by atoms with Gasteiger partial charge in [-0.25, -0.2) is 14.4 Å². The first-order valence-corrected chi connectivity index (χ1v) is 11.3. The number of carbonyl (C=O) groups is 2. The van der Waals surface area contributed by atoms with E-state index in [4.69, 9.17) is 4.74 Å². The van der Waals surface area contributed by atoms with Crippen LogP contribution in [0.2, 0.25) is 0 Å². The summed E-state index contributed by atoms with van der Waals surface area (Å²) in [6.07, 6.45) is -0.459. The number of anilines is 1. The number of benzene rings is 2. The van der Waals surface area contributed by atoms with Crippen LogP contribution in [0.5, 0.6) is 17.4 Å². The van der Waals surface area contributed by atoms with E-state index in [-0.39, 0.29) is 36.3 Å². The van der Waals surface area contributed by atoms with Crippen molar-refractivity contribution in [2.45, 2.75) is 45.6 Å². The highest BCUT2D eigenvalue weighted by molar-refractivity contribution is 5.93. The van der Waals surface area contributed by atoms with Gasteiger partial charge in [-0.05, 0) is 60.7 Å². The van der Waals surface area contributed by atoms with Gasteiger partial charge < -0.3 is 14.8 Å². The maximum Gasteiger partial charge on any atom is 0.395 e. The first-order chi connectivity index (χ1) is 17.1. The van der Waals surface area contributed by atoms with Crippen LogP contribution in [-0.4, -0.2) is 27.8 Å². The molecule has 1 heterocycles. The molecule has 0 aliphatic heterocycles. The molecule has 1 fully saturated rings. The number of carbonyl (C=O) groups excluding carboxylic acids is 2.